The molecule has 1 aromatic carbocycles. The highest BCUT2D eigenvalue weighted by Gasteiger charge is 2.54. The predicted molar refractivity (Wildman–Crippen MR) is 77.0 cm³/mol. The molecule has 0 N–H and O–H groups in total. The Bertz CT molecular complexity index is 553. The first-order valence-corrected chi connectivity index (χ1v) is 7.16. The first-order chi connectivity index (χ1) is 9.06. The van der Waals surface area contributed by atoms with Crippen LogP contribution in [0.5, 0.6) is 0 Å². The first-order valence-electron chi connectivity index (χ1n) is 6.79. The molecular formula is C16H18ClNO. The Hall–Kier alpha value is -1.28. The van der Waals surface area contributed by atoms with Crippen molar-refractivity contribution in [2.75, 3.05) is 0 Å². The van der Waals surface area contributed by atoms with Gasteiger partial charge in [-0.15, -0.1) is 0 Å². The molecule has 2 nitrogen and oxygen atoms in total. The lowest BCUT2D eigenvalue weighted by atomic mass is 9.86. The second kappa shape index (κ2) is 4.38. The van der Waals surface area contributed by atoms with E-state index in [0.29, 0.717) is 6.42 Å². The number of carbonyl (C=O) groups excluding carboxylic acids is 1. The van der Waals surface area contributed by atoms with Crippen LogP contribution in [0.15, 0.2) is 36.4 Å². The van der Waals surface area contributed by atoms with Crippen LogP contribution < -0.4 is 0 Å². The van der Waals surface area contributed by atoms with Gasteiger partial charge in [-0.05, 0) is 37.8 Å². The van der Waals surface area contributed by atoms with Crippen LogP contribution in [0.3, 0.4) is 0 Å². The van der Waals surface area contributed by atoms with Gasteiger partial charge in [-0.3, -0.25) is 4.79 Å². The minimum atomic E-state index is -0.195. The average Bonchev–Trinajstić information content (AvgIpc) is 2.90. The van der Waals surface area contributed by atoms with Crippen LogP contribution in [0.25, 0.3) is 0 Å². The number of halogens is 1. The predicted octanol–water partition coefficient (Wildman–Crippen LogP) is 3.90. The topological polar surface area (TPSA) is 20.3 Å². The Morgan fingerprint density at radius 3 is 2.84 bits per heavy atom. The summed E-state index contributed by atoms with van der Waals surface area (Å²) in [5.41, 5.74) is 1.98. The monoisotopic (exact) mass is 275 g/mol. The average molecular weight is 276 g/mol. The lowest BCUT2D eigenvalue weighted by Gasteiger charge is -2.36. The molecule has 1 aromatic rings. The van der Waals surface area contributed by atoms with Gasteiger partial charge in [0.15, 0.2) is 0 Å². The van der Waals surface area contributed by atoms with Gasteiger partial charge in [0.1, 0.15) is 0 Å². The molecule has 19 heavy (non-hydrogen) atoms. The molecule has 2 fully saturated rings. The van der Waals surface area contributed by atoms with E-state index in [2.05, 4.69) is 17.5 Å². The number of fused-ring (bicyclic) bond motifs is 1. The molecule has 2 saturated heterocycles. The number of nitrogens with zero attached hydrogens (tertiary/aromatic N) is 1. The highest BCUT2D eigenvalue weighted by atomic mass is 35.5. The Labute approximate surface area is 119 Å². The van der Waals surface area contributed by atoms with Gasteiger partial charge in [0, 0.05) is 11.4 Å². The second-order valence-corrected chi connectivity index (χ2v) is 6.08. The van der Waals surface area contributed by atoms with Crippen molar-refractivity contribution in [3.8, 4) is 0 Å². The van der Waals surface area contributed by atoms with Gasteiger partial charge in [0.05, 0.1) is 11.6 Å². The van der Waals surface area contributed by atoms with Crippen LogP contribution in [0.4, 0.5) is 0 Å². The van der Waals surface area contributed by atoms with E-state index in [1.54, 1.807) is 0 Å². The zero-order valence-corrected chi connectivity index (χ0v) is 11.9. The molecule has 0 aromatic heterocycles. The van der Waals surface area contributed by atoms with Gasteiger partial charge in [0.2, 0.25) is 5.91 Å². The summed E-state index contributed by atoms with van der Waals surface area (Å²) in [6, 6.07) is 8.10. The van der Waals surface area contributed by atoms with E-state index in [1.807, 2.05) is 25.1 Å². The van der Waals surface area contributed by atoms with E-state index in [0.717, 1.165) is 35.4 Å². The number of hydrogen-bond donors (Lipinski definition) is 0. The molecule has 0 spiro atoms. The summed E-state index contributed by atoms with van der Waals surface area (Å²) < 4.78 is 0. The molecule has 1 amide bonds. The summed E-state index contributed by atoms with van der Waals surface area (Å²) in [7, 11) is 0. The molecule has 2 aliphatic rings. The van der Waals surface area contributed by atoms with Crippen molar-refractivity contribution in [2.45, 2.75) is 44.2 Å². The molecule has 0 radical (unpaired) electrons. The fourth-order valence-electron chi connectivity index (χ4n) is 3.72. The van der Waals surface area contributed by atoms with E-state index in [9.17, 15) is 4.79 Å². The highest BCUT2D eigenvalue weighted by molar-refractivity contribution is 6.31. The summed E-state index contributed by atoms with van der Waals surface area (Å²) in [5, 5.41) is 0.768. The summed E-state index contributed by atoms with van der Waals surface area (Å²) in [6.07, 6.45) is 3.47. The van der Waals surface area contributed by atoms with E-state index in [-0.39, 0.29) is 17.5 Å². The molecule has 0 unspecified atom stereocenters. The van der Waals surface area contributed by atoms with Crippen molar-refractivity contribution in [1.29, 1.82) is 0 Å². The van der Waals surface area contributed by atoms with E-state index < -0.39 is 0 Å². The van der Waals surface area contributed by atoms with Crippen LogP contribution in [0.2, 0.25) is 5.02 Å². The van der Waals surface area contributed by atoms with Crippen molar-refractivity contribution in [3.63, 3.8) is 0 Å². The lowest BCUT2D eigenvalue weighted by Crippen LogP contribution is -2.43. The van der Waals surface area contributed by atoms with Crippen molar-refractivity contribution in [3.05, 3.63) is 47.0 Å². The number of hydrogen-bond acceptors (Lipinski definition) is 1. The molecular weight excluding hydrogens is 258 g/mol. The number of benzene rings is 1. The van der Waals surface area contributed by atoms with Gasteiger partial charge in [-0.25, -0.2) is 0 Å². The maximum atomic E-state index is 12.3. The van der Waals surface area contributed by atoms with Crippen molar-refractivity contribution in [1.82, 2.24) is 4.90 Å². The molecule has 2 aliphatic heterocycles. The molecule has 3 rings (SSSR count). The highest BCUT2D eigenvalue weighted by Crippen LogP contribution is 2.52. The van der Waals surface area contributed by atoms with Gasteiger partial charge in [-0.1, -0.05) is 42.0 Å². The molecule has 3 heteroatoms. The molecule has 0 bridgehead atoms. The van der Waals surface area contributed by atoms with Gasteiger partial charge < -0.3 is 4.90 Å². The SMILES string of the molecule is C=C(C)[C@H]1CC[C@]2(c3ccccc3Cl)CCC(=O)N12. The zero-order chi connectivity index (χ0) is 13.6. The molecule has 2 atom stereocenters. The quantitative estimate of drug-likeness (QED) is 0.750. The molecule has 100 valence electrons. The minimum Gasteiger partial charge on any atom is -0.326 e. The maximum absolute atomic E-state index is 12.3. The minimum absolute atomic E-state index is 0.172. The standard InChI is InChI=1S/C16H18ClNO/c1-11(2)14-7-9-16(10-8-15(19)18(14)16)12-5-3-4-6-13(12)17/h3-6,14H,1,7-10H2,2H3/t14-,16-/m1/s1. The third-order valence-corrected chi connectivity index (χ3v) is 4.90. The summed E-state index contributed by atoms with van der Waals surface area (Å²) >= 11 is 6.38. The van der Waals surface area contributed by atoms with Gasteiger partial charge in [0.25, 0.3) is 0 Å². The normalized spacial score (nSPS) is 29.7. The van der Waals surface area contributed by atoms with Crippen LogP contribution in [0, 0.1) is 0 Å². The van der Waals surface area contributed by atoms with E-state index in [4.69, 9.17) is 11.6 Å². The number of carbonyl (C=O) groups is 1. The smallest absolute Gasteiger partial charge is 0.223 e. The van der Waals surface area contributed by atoms with Gasteiger partial charge in [-0.2, -0.15) is 0 Å². The van der Waals surface area contributed by atoms with E-state index >= 15 is 0 Å². The summed E-state index contributed by atoms with van der Waals surface area (Å²) in [4.78, 5) is 14.4. The van der Waals surface area contributed by atoms with E-state index in [1.165, 1.54) is 0 Å². The van der Waals surface area contributed by atoms with Crippen molar-refractivity contribution >= 4 is 17.5 Å². The Kier molecular flexibility index (Phi) is 2.94. The fraction of sp³-hybridized carbons (Fsp3) is 0.438. The second-order valence-electron chi connectivity index (χ2n) is 5.68. The molecule has 2 heterocycles. The Morgan fingerprint density at radius 2 is 2.16 bits per heavy atom. The molecule has 0 saturated carbocycles. The molecule has 0 aliphatic carbocycles. The largest absolute Gasteiger partial charge is 0.326 e. The fourth-order valence-corrected chi connectivity index (χ4v) is 4.03. The summed E-state index contributed by atoms with van der Waals surface area (Å²) in [5.74, 6) is 0.241. The summed E-state index contributed by atoms with van der Waals surface area (Å²) in [6.45, 7) is 6.07. The lowest BCUT2D eigenvalue weighted by molar-refractivity contribution is -0.131. The Morgan fingerprint density at radius 1 is 1.42 bits per heavy atom. The Balaban J connectivity index is 2.11. The third-order valence-electron chi connectivity index (χ3n) is 4.57. The maximum Gasteiger partial charge on any atom is 0.223 e. The first kappa shape index (κ1) is 12.7. The number of amides is 1. The number of rotatable bonds is 2. The van der Waals surface area contributed by atoms with Crippen LogP contribution in [-0.2, 0) is 10.3 Å². The van der Waals surface area contributed by atoms with Crippen LogP contribution in [0.1, 0.15) is 38.2 Å². The third kappa shape index (κ3) is 1.73. The zero-order valence-electron chi connectivity index (χ0n) is 11.2. The van der Waals surface area contributed by atoms with Crippen molar-refractivity contribution in [2.24, 2.45) is 0 Å². The van der Waals surface area contributed by atoms with Crippen LogP contribution in [-0.4, -0.2) is 16.8 Å². The van der Waals surface area contributed by atoms with Crippen LogP contribution >= 0.6 is 11.6 Å². The van der Waals surface area contributed by atoms with Crippen molar-refractivity contribution < 1.29 is 4.79 Å². The van der Waals surface area contributed by atoms with Gasteiger partial charge >= 0.3 is 0 Å².